The van der Waals surface area contributed by atoms with Gasteiger partial charge in [0, 0.05) is 20.5 Å². The second-order valence-corrected chi connectivity index (χ2v) is 11.6. The largest absolute Gasteiger partial charge is 0.491 e. The van der Waals surface area contributed by atoms with Crippen molar-refractivity contribution in [3.8, 4) is 11.5 Å². The molecule has 0 unspecified atom stereocenters. The fourth-order valence-corrected chi connectivity index (χ4v) is 6.39. The molecule has 0 amide bonds. The molecular weight excluding hydrogens is 432 g/mol. The van der Waals surface area contributed by atoms with Gasteiger partial charge in [0.2, 0.25) is 0 Å². The van der Waals surface area contributed by atoms with Crippen molar-refractivity contribution in [1.82, 2.24) is 0 Å². The first-order valence-corrected chi connectivity index (χ1v) is 14.5. The minimum Gasteiger partial charge on any atom is -0.491 e. The zero-order valence-electron chi connectivity index (χ0n) is 20.7. The van der Waals surface area contributed by atoms with Crippen molar-refractivity contribution >= 4 is 42.8 Å². The van der Waals surface area contributed by atoms with Gasteiger partial charge >= 0.3 is 0 Å². The van der Waals surface area contributed by atoms with E-state index < -0.39 is 0 Å². The topological polar surface area (TPSA) is 18.5 Å². The van der Waals surface area contributed by atoms with Crippen LogP contribution in [0.5, 0.6) is 11.5 Å². The van der Waals surface area contributed by atoms with Gasteiger partial charge in [-0.3, -0.25) is 0 Å². The molecule has 0 saturated carbocycles. The van der Waals surface area contributed by atoms with E-state index in [1.54, 1.807) is 0 Å². The number of hydrogen-bond donors (Lipinski definition) is 0. The first kappa shape index (κ1) is 25.4. The fourth-order valence-electron chi connectivity index (χ4n) is 4.35. The monoisotopic (exact) mass is 474 g/mol. The van der Waals surface area contributed by atoms with Gasteiger partial charge < -0.3 is 9.47 Å². The van der Waals surface area contributed by atoms with Crippen LogP contribution in [-0.2, 0) is 0 Å². The van der Waals surface area contributed by atoms with Gasteiger partial charge in [-0.2, -0.15) is 0 Å². The van der Waals surface area contributed by atoms with Crippen LogP contribution < -0.4 is 9.47 Å². The van der Waals surface area contributed by atoms with E-state index in [-0.39, 0.29) is 0 Å². The summed E-state index contributed by atoms with van der Waals surface area (Å²) in [6.45, 7) is 10.5. The molecule has 2 nitrogen and oxygen atoms in total. The van der Waals surface area contributed by atoms with Gasteiger partial charge in [-0.1, -0.05) is 78.1 Å². The second kappa shape index (κ2) is 13.4. The van der Waals surface area contributed by atoms with E-state index in [4.69, 9.17) is 9.47 Å². The normalized spacial score (nSPS) is 11.6. The summed E-state index contributed by atoms with van der Waals surface area (Å²) in [5.41, 5.74) is 0. The molecule has 1 aromatic carbocycles. The van der Waals surface area contributed by atoms with Gasteiger partial charge in [0.05, 0.1) is 22.6 Å². The van der Waals surface area contributed by atoms with Crippen molar-refractivity contribution in [3.63, 3.8) is 0 Å². The molecule has 178 valence electrons. The molecule has 3 aromatic rings. The zero-order valence-corrected chi connectivity index (χ0v) is 22.3. The minimum atomic E-state index is 0.806. The van der Waals surface area contributed by atoms with Gasteiger partial charge in [0.1, 0.15) is 11.5 Å². The van der Waals surface area contributed by atoms with E-state index in [1.165, 1.54) is 94.1 Å². The summed E-state index contributed by atoms with van der Waals surface area (Å²) in [6.07, 6.45) is 15.4. The Kier molecular flexibility index (Phi) is 10.7. The van der Waals surface area contributed by atoms with Crippen LogP contribution in [0.3, 0.4) is 0 Å². The van der Waals surface area contributed by atoms with Crippen molar-refractivity contribution in [1.29, 1.82) is 0 Å². The summed E-state index contributed by atoms with van der Waals surface area (Å²) >= 11 is 3.69. The van der Waals surface area contributed by atoms with Crippen LogP contribution >= 0.6 is 22.7 Å². The number of ether oxygens (including phenoxy) is 2. The molecule has 0 atom stereocenters. The lowest BCUT2D eigenvalue weighted by Gasteiger charge is -2.14. The Morgan fingerprint density at radius 3 is 1.34 bits per heavy atom. The number of thiophene rings is 2. The summed E-state index contributed by atoms with van der Waals surface area (Å²) in [6, 6.07) is 4.59. The first-order valence-electron chi connectivity index (χ1n) is 12.9. The molecule has 0 fully saturated rings. The van der Waals surface area contributed by atoms with E-state index >= 15 is 0 Å². The van der Waals surface area contributed by atoms with Gasteiger partial charge in [-0.15, -0.1) is 22.7 Å². The highest BCUT2D eigenvalue weighted by atomic mass is 32.1. The lowest BCUT2D eigenvalue weighted by molar-refractivity contribution is 0.307. The predicted octanol–water partition coefficient (Wildman–Crippen LogP) is 10.2. The maximum Gasteiger partial charge on any atom is 0.146 e. The highest BCUT2D eigenvalue weighted by Gasteiger charge is 2.20. The van der Waals surface area contributed by atoms with E-state index in [2.05, 4.69) is 39.8 Å². The van der Waals surface area contributed by atoms with Gasteiger partial charge in [-0.25, -0.2) is 0 Å². The van der Waals surface area contributed by atoms with Crippen LogP contribution in [0.2, 0.25) is 0 Å². The van der Waals surface area contributed by atoms with Gasteiger partial charge in [0.15, 0.2) is 0 Å². The lowest BCUT2D eigenvalue weighted by Crippen LogP contribution is -2.00. The van der Waals surface area contributed by atoms with Crippen LogP contribution in [0.15, 0.2) is 12.1 Å². The summed E-state index contributed by atoms with van der Waals surface area (Å²) < 4.78 is 15.4. The first-order chi connectivity index (χ1) is 15.7. The molecule has 0 spiro atoms. The molecule has 0 saturated heterocycles. The average molecular weight is 475 g/mol. The third kappa shape index (κ3) is 6.87. The maximum absolute atomic E-state index is 6.46. The van der Waals surface area contributed by atoms with Crippen molar-refractivity contribution < 1.29 is 9.47 Å². The Balaban J connectivity index is 1.72. The van der Waals surface area contributed by atoms with E-state index in [9.17, 15) is 0 Å². The zero-order chi connectivity index (χ0) is 22.8. The minimum absolute atomic E-state index is 0.806. The number of unbranched alkanes of at least 4 members (excludes halogenated alkanes) is 10. The Morgan fingerprint density at radius 1 is 0.562 bits per heavy atom. The average Bonchev–Trinajstić information content (AvgIpc) is 3.35. The molecule has 0 aliphatic rings. The predicted molar refractivity (Wildman–Crippen MR) is 144 cm³/mol. The summed E-state index contributed by atoms with van der Waals surface area (Å²) in [5.74, 6) is 2.16. The maximum atomic E-state index is 6.46. The Hall–Kier alpha value is -1.26. The Bertz CT molecular complexity index is 823. The van der Waals surface area contributed by atoms with Crippen LogP contribution in [-0.4, -0.2) is 13.2 Å². The van der Waals surface area contributed by atoms with Crippen LogP contribution in [0.25, 0.3) is 20.2 Å². The van der Waals surface area contributed by atoms with Crippen molar-refractivity contribution in [2.24, 2.45) is 0 Å². The number of hydrogen-bond acceptors (Lipinski definition) is 4. The number of rotatable bonds is 16. The fraction of sp³-hybridized carbons (Fsp3) is 0.643. The molecule has 0 aliphatic heterocycles. The van der Waals surface area contributed by atoms with E-state index in [0.717, 1.165) is 37.6 Å². The number of fused-ring (bicyclic) bond motifs is 2. The summed E-state index contributed by atoms with van der Waals surface area (Å²) in [7, 11) is 0. The number of aryl methyl sites for hydroxylation is 2. The molecule has 0 radical (unpaired) electrons. The van der Waals surface area contributed by atoms with Crippen molar-refractivity contribution in [3.05, 3.63) is 21.9 Å². The smallest absolute Gasteiger partial charge is 0.146 e. The molecule has 2 aromatic heterocycles. The molecule has 4 heteroatoms. The van der Waals surface area contributed by atoms with Gasteiger partial charge in [-0.05, 0) is 38.8 Å². The molecule has 0 bridgehead atoms. The van der Waals surface area contributed by atoms with Crippen molar-refractivity contribution in [2.75, 3.05) is 13.2 Å². The molecule has 2 heterocycles. The Morgan fingerprint density at radius 2 is 0.938 bits per heavy atom. The molecule has 0 N–H and O–H groups in total. The SMILES string of the molecule is CCCCCCCCOc1c2cc(C)sc2c(OCCCCCCCC)c2cc(C)sc12. The van der Waals surface area contributed by atoms with E-state index in [1.807, 2.05) is 22.7 Å². The highest BCUT2D eigenvalue weighted by Crippen LogP contribution is 2.49. The quantitative estimate of drug-likeness (QED) is 0.192. The second-order valence-electron chi connectivity index (χ2n) is 9.09. The van der Waals surface area contributed by atoms with Crippen LogP contribution in [0.1, 0.15) is 101 Å². The number of benzene rings is 1. The molecular formula is C28H42O2S2. The van der Waals surface area contributed by atoms with E-state index in [0.29, 0.717) is 0 Å². The third-order valence-corrected chi connectivity index (χ3v) is 8.20. The lowest BCUT2D eigenvalue weighted by atomic mass is 10.1. The molecule has 0 aliphatic carbocycles. The standard InChI is InChI=1S/C28H42O2S2/c1-5-7-9-11-13-15-17-29-25-23-19-21(3)32-28(23)26(24-20-22(4)31-27(24)25)30-18-16-14-12-10-8-6-2/h19-20H,5-18H2,1-4H3. The third-order valence-electron chi connectivity index (χ3n) is 6.10. The van der Waals surface area contributed by atoms with Crippen molar-refractivity contribution in [2.45, 2.75) is 105 Å². The molecule has 3 rings (SSSR count). The Labute approximate surface area is 203 Å². The molecule has 32 heavy (non-hydrogen) atoms. The van der Waals surface area contributed by atoms with Gasteiger partial charge in [0.25, 0.3) is 0 Å². The highest BCUT2D eigenvalue weighted by molar-refractivity contribution is 7.21. The summed E-state index contributed by atoms with van der Waals surface area (Å²) in [4.78, 5) is 2.64. The van der Waals surface area contributed by atoms with Crippen LogP contribution in [0, 0.1) is 13.8 Å². The summed E-state index contributed by atoms with van der Waals surface area (Å²) in [5, 5.41) is 2.48. The van der Waals surface area contributed by atoms with Crippen LogP contribution in [0.4, 0.5) is 0 Å².